The third-order valence-corrected chi connectivity index (χ3v) is 6.85. The molecule has 8 heteroatoms. The first-order chi connectivity index (χ1) is 17.9. The van der Waals surface area contributed by atoms with Crippen molar-refractivity contribution in [3.63, 3.8) is 0 Å². The molecule has 3 unspecified atom stereocenters. The number of anilines is 1. The van der Waals surface area contributed by atoms with Crippen molar-refractivity contribution in [3.05, 3.63) is 65.2 Å². The Kier molecular flexibility index (Phi) is 11.7. The molecule has 0 saturated heterocycles. The number of carbonyl (C=O) groups excluding carboxylic acids is 3. The lowest BCUT2D eigenvalue weighted by Gasteiger charge is -2.38. The molecule has 0 bridgehead atoms. The molecule has 3 atom stereocenters. The summed E-state index contributed by atoms with van der Waals surface area (Å²) in [7, 11) is 0. The van der Waals surface area contributed by atoms with Gasteiger partial charge in [0.15, 0.2) is 0 Å². The molecule has 0 fully saturated rings. The minimum Gasteiger partial charge on any atom is -0.444 e. The van der Waals surface area contributed by atoms with Gasteiger partial charge in [-0.15, -0.1) is 0 Å². The van der Waals surface area contributed by atoms with E-state index in [0.717, 1.165) is 11.1 Å². The van der Waals surface area contributed by atoms with Gasteiger partial charge < -0.3 is 20.3 Å². The molecule has 0 aliphatic heterocycles. The summed E-state index contributed by atoms with van der Waals surface area (Å²) < 4.78 is 5.46. The third-order valence-electron chi connectivity index (χ3n) is 6.21. The van der Waals surface area contributed by atoms with E-state index in [1.165, 1.54) is 0 Å². The first kappa shape index (κ1) is 31.2. The van der Waals surface area contributed by atoms with Crippen LogP contribution in [-0.4, -0.2) is 52.5 Å². The van der Waals surface area contributed by atoms with Crippen LogP contribution in [0.15, 0.2) is 48.5 Å². The summed E-state index contributed by atoms with van der Waals surface area (Å²) in [5.74, 6) is 0.0376. The molecule has 0 aromatic heterocycles. The molecule has 7 nitrogen and oxygen atoms in total. The highest BCUT2D eigenvalue weighted by Gasteiger charge is 2.38. The highest BCUT2D eigenvalue weighted by Crippen LogP contribution is 2.29. The Hall–Kier alpha value is -3.00. The molecule has 0 aliphatic rings. The Labute approximate surface area is 232 Å². The van der Waals surface area contributed by atoms with Crippen molar-refractivity contribution in [3.8, 4) is 0 Å². The summed E-state index contributed by atoms with van der Waals surface area (Å²) >= 11 is 1.59. The van der Waals surface area contributed by atoms with Gasteiger partial charge in [-0.1, -0.05) is 55.0 Å². The Bertz CT molecular complexity index is 1100. The second-order valence-electron chi connectivity index (χ2n) is 10.6. The van der Waals surface area contributed by atoms with Crippen LogP contribution in [0.1, 0.15) is 70.2 Å². The van der Waals surface area contributed by atoms with E-state index in [2.05, 4.69) is 10.6 Å². The number of benzene rings is 2. The summed E-state index contributed by atoms with van der Waals surface area (Å²) in [6, 6.07) is 13.2. The second-order valence-corrected chi connectivity index (χ2v) is 11.6. The maximum Gasteiger partial charge on any atom is 0.408 e. The van der Waals surface area contributed by atoms with Gasteiger partial charge in [0.25, 0.3) is 5.91 Å². The molecule has 2 aromatic carbocycles. The summed E-state index contributed by atoms with van der Waals surface area (Å²) in [5, 5.41) is 5.83. The number of carbonyl (C=O) groups is 3. The highest BCUT2D eigenvalue weighted by molar-refractivity contribution is 7.98. The molecule has 0 heterocycles. The number of aryl methyl sites for hydroxylation is 2. The van der Waals surface area contributed by atoms with Crippen molar-refractivity contribution in [2.45, 2.75) is 85.0 Å². The number of ether oxygens (including phenoxy) is 1. The van der Waals surface area contributed by atoms with E-state index in [-0.39, 0.29) is 17.9 Å². The van der Waals surface area contributed by atoms with Crippen LogP contribution in [-0.2, 0) is 14.3 Å². The van der Waals surface area contributed by atoms with Crippen LogP contribution in [0.2, 0.25) is 0 Å². The molecule has 208 valence electrons. The maximum absolute atomic E-state index is 14.2. The zero-order valence-corrected chi connectivity index (χ0v) is 24.8. The number of amides is 3. The van der Waals surface area contributed by atoms with Crippen LogP contribution in [0.3, 0.4) is 0 Å². The largest absolute Gasteiger partial charge is 0.444 e. The van der Waals surface area contributed by atoms with Gasteiger partial charge in [0.05, 0.1) is 0 Å². The zero-order valence-electron chi connectivity index (χ0n) is 24.0. The van der Waals surface area contributed by atoms with Crippen molar-refractivity contribution in [1.82, 2.24) is 10.2 Å². The van der Waals surface area contributed by atoms with Gasteiger partial charge in [0.1, 0.15) is 17.7 Å². The van der Waals surface area contributed by atoms with E-state index in [0.29, 0.717) is 29.8 Å². The summed E-state index contributed by atoms with van der Waals surface area (Å²) in [4.78, 5) is 42.5. The van der Waals surface area contributed by atoms with E-state index >= 15 is 0 Å². The van der Waals surface area contributed by atoms with Crippen LogP contribution >= 0.6 is 11.8 Å². The van der Waals surface area contributed by atoms with Crippen LogP contribution in [0, 0.1) is 13.8 Å². The molecular formula is C30H43N3O4S. The maximum atomic E-state index is 14.2. The van der Waals surface area contributed by atoms with Gasteiger partial charge >= 0.3 is 6.09 Å². The number of nitrogens with one attached hydrogen (secondary N) is 2. The molecule has 0 spiro atoms. The molecule has 38 heavy (non-hydrogen) atoms. The minimum absolute atomic E-state index is 0.271. The van der Waals surface area contributed by atoms with E-state index < -0.39 is 23.8 Å². The average molecular weight is 542 g/mol. The number of thioether (sulfide) groups is 1. The predicted molar refractivity (Wildman–Crippen MR) is 156 cm³/mol. The number of hydrogen-bond donors (Lipinski definition) is 2. The van der Waals surface area contributed by atoms with Crippen LogP contribution in [0.4, 0.5) is 10.5 Å². The summed E-state index contributed by atoms with van der Waals surface area (Å²) in [5.41, 5.74) is 2.61. The van der Waals surface area contributed by atoms with Crippen molar-refractivity contribution < 1.29 is 19.1 Å². The van der Waals surface area contributed by atoms with E-state index in [1.807, 2.05) is 82.5 Å². The molecular weight excluding hydrogens is 498 g/mol. The lowest BCUT2D eigenvalue weighted by molar-refractivity contribution is -0.143. The number of alkyl carbamates (subject to hydrolysis) is 1. The number of para-hydroxylation sites is 1. The fourth-order valence-corrected chi connectivity index (χ4v) is 4.58. The van der Waals surface area contributed by atoms with Crippen LogP contribution in [0.5, 0.6) is 0 Å². The molecule has 0 aliphatic carbocycles. The lowest BCUT2D eigenvalue weighted by Crippen LogP contribution is -2.55. The van der Waals surface area contributed by atoms with Gasteiger partial charge in [-0.05, 0) is 83.6 Å². The fourth-order valence-electron chi connectivity index (χ4n) is 4.11. The standard InChI is InChI=1S/C30H43N3O4S/c1-9-22(4)33(28(35)25(17-18-38-8)32-29(36)37-30(5,6)7)26(23-15-12-13-20(2)19-23)27(34)31-24-16-11-10-14-21(24)3/h10-16,19,22,25-26H,9,17-18H2,1-8H3,(H,31,34)(H,32,36). The molecule has 0 radical (unpaired) electrons. The Morgan fingerprint density at radius 3 is 2.32 bits per heavy atom. The Morgan fingerprint density at radius 1 is 1.05 bits per heavy atom. The average Bonchev–Trinajstić information content (AvgIpc) is 2.84. The van der Waals surface area contributed by atoms with Gasteiger partial charge in [-0.3, -0.25) is 9.59 Å². The normalized spacial score (nSPS) is 13.7. The fraction of sp³-hybridized carbons (Fsp3) is 0.500. The first-order valence-corrected chi connectivity index (χ1v) is 14.5. The summed E-state index contributed by atoms with van der Waals surface area (Å²) in [6.07, 6.45) is 2.34. The minimum atomic E-state index is -0.894. The Balaban J connectivity index is 2.55. The van der Waals surface area contributed by atoms with Gasteiger partial charge in [0.2, 0.25) is 5.91 Å². The molecule has 0 saturated carbocycles. The van der Waals surface area contributed by atoms with Gasteiger partial charge in [-0.25, -0.2) is 4.79 Å². The smallest absolute Gasteiger partial charge is 0.408 e. The first-order valence-electron chi connectivity index (χ1n) is 13.1. The Morgan fingerprint density at radius 2 is 1.74 bits per heavy atom. The van der Waals surface area contributed by atoms with Crippen molar-refractivity contribution >= 4 is 35.4 Å². The number of rotatable bonds is 11. The molecule has 2 rings (SSSR count). The van der Waals surface area contributed by atoms with Gasteiger partial charge in [-0.2, -0.15) is 11.8 Å². The molecule has 2 aromatic rings. The van der Waals surface area contributed by atoms with Crippen molar-refractivity contribution in [2.24, 2.45) is 0 Å². The molecule has 3 amide bonds. The van der Waals surface area contributed by atoms with E-state index in [4.69, 9.17) is 4.74 Å². The van der Waals surface area contributed by atoms with Crippen LogP contribution < -0.4 is 10.6 Å². The van der Waals surface area contributed by atoms with Gasteiger partial charge in [0, 0.05) is 11.7 Å². The SMILES string of the molecule is CCC(C)N(C(=O)C(CCSC)NC(=O)OC(C)(C)C)C(C(=O)Nc1ccccc1C)c1cccc(C)c1. The topological polar surface area (TPSA) is 87.7 Å². The zero-order chi connectivity index (χ0) is 28.5. The van der Waals surface area contributed by atoms with Crippen molar-refractivity contribution in [1.29, 1.82) is 0 Å². The van der Waals surface area contributed by atoms with Crippen LogP contribution in [0.25, 0.3) is 0 Å². The predicted octanol–water partition coefficient (Wildman–Crippen LogP) is 6.26. The number of nitrogens with zero attached hydrogens (tertiary/aromatic N) is 1. The molecule has 2 N–H and O–H groups in total. The second kappa shape index (κ2) is 14.2. The highest BCUT2D eigenvalue weighted by atomic mass is 32.2. The third kappa shape index (κ3) is 9.08. The van der Waals surface area contributed by atoms with Crippen molar-refractivity contribution in [2.75, 3.05) is 17.3 Å². The lowest BCUT2D eigenvalue weighted by atomic mass is 9.98. The number of hydrogen-bond acceptors (Lipinski definition) is 5. The van der Waals surface area contributed by atoms with E-state index in [1.54, 1.807) is 37.4 Å². The monoisotopic (exact) mass is 541 g/mol. The summed E-state index contributed by atoms with van der Waals surface area (Å²) in [6.45, 7) is 13.1. The quantitative estimate of drug-likeness (QED) is 0.351. The van der Waals surface area contributed by atoms with E-state index in [9.17, 15) is 14.4 Å².